The second kappa shape index (κ2) is 9.90. The van der Waals surface area contributed by atoms with Gasteiger partial charge in [-0.05, 0) is 48.9 Å². The minimum absolute atomic E-state index is 0.100. The molecule has 0 atom stereocenters. The number of carbonyl (C=O) groups is 2. The molecule has 0 aliphatic heterocycles. The van der Waals surface area contributed by atoms with Crippen LogP contribution in [0.5, 0.6) is 11.5 Å². The summed E-state index contributed by atoms with van der Waals surface area (Å²) in [5.74, 6) is -0.372. The smallest absolute Gasteiger partial charge is 0.433 e. The maximum atomic E-state index is 12.7. The molecule has 3 rings (SSSR count). The number of amides is 1. The second-order valence-corrected chi connectivity index (χ2v) is 7.58. The lowest BCUT2D eigenvalue weighted by molar-refractivity contribution is -0.141. The molecule has 0 radical (unpaired) electrons. The van der Waals surface area contributed by atoms with Crippen molar-refractivity contribution in [2.24, 2.45) is 0 Å². The molecule has 0 bridgehead atoms. The molecule has 0 spiro atoms. The normalized spacial score (nSPS) is 11.1. The average Bonchev–Trinajstić information content (AvgIpc) is 3.22. The van der Waals surface area contributed by atoms with Crippen molar-refractivity contribution in [3.8, 4) is 21.9 Å². The van der Waals surface area contributed by atoms with Gasteiger partial charge in [0.25, 0.3) is 5.91 Å². The maximum absolute atomic E-state index is 12.7. The molecule has 2 aromatic heterocycles. The van der Waals surface area contributed by atoms with Crippen LogP contribution in [0.15, 0.2) is 42.6 Å². The molecule has 33 heavy (non-hydrogen) atoms. The minimum Gasteiger partial charge on any atom is -0.493 e. The summed E-state index contributed by atoms with van der Waals surface area (Å²) < 4.78 is 53.8. The van der Waals surface area contributed by atoms with E-state index in [-0.39, 0.29) is 22.7 Å². The van der Waals surface area contributed by atoms with Gasteiger partial charge in [-0.3, -0.25) is 9.78 Å². The number of hydrogen-bond donors (Lipinski definition) is 1. The lowest BCUT2D eigenvalue weighted by Gasteiger charge is -2.08. The van der Waals surface area contributed by atoms with Gasteiger partial charge in [0.05, 0.1) is 32.1 Å². The number of rotatable bonds is 7. The summed E-state index contributed by atoms with van der Waals surface area (Å²) >= 11 is 1.09. The van der Waals surface area contributed by atoms with E-state index in [1.165, 1.54) is 14.2 Å². The lowest BCUT2D eigenvalue weighted by atomic mass is 10.1. The Kier molecular flexibility index (Phi) is 7.22. The number of carbonyl (C=O) groups excluding carboxylic acids is 2. The van der Waals surface area contributed by atoms with Crippen molar-refractivity contribution in [2.75, 3.05) is 26.1 Å². The molecular weight excluding hydrogens is 461 g/mol. The van der Waals surface area contributed by atoms with Crippen LogP contribution in [0.25, 0.3) is 10.4 Å². The van der Waals surface area contributed by atoms with Gasteiger partial charge in [-0.15, -0.1) is 11.3 Å². The van der Waals surface area contributed by atoms with Crippen LogP contribution in [0, 0.1) is 0 Å². The Bertz CT molecular complexity index is 1160. The standard InChI is InChI=1S/C22H19F3N2O5S/c1-4-32-21(29)19-14(27-20(28)13-6-8-18(26-11-13)22(23,24)25)10-17(33-19)12-5-7-15(30-2)16(9-12)31-3/h5-11H,4H2,1-3H3,(H,27,28). The number of benzene rings is 1. The molecule has 0 fully saturated rings. The lowest BCUT2D eigenvalue weighted by Crippen LogP contribution is -2.15. The predicted octanol–water partition coefficient (Wildman–Crippen LogP) is 5.28. The number of nitrogens with zero attached hydrogens (tertiary/aromatic N) is 1. The Morgan fingerprint density at radius 3 is 2.36 bits per heavy atom. The number of alkyl halides is 3. The molecule has 0 saturated carbocycles. The number of hydrogen-bond acceptors (Lipinski definition) is 7. The quantitative estimate of drug-likeness (QED) is 0.464. The third-order valence-electron chi connectivity index (χ3n) is 4.43. The van der Waals surface area contributed by atoms with Crippen molar-refractivity contribution in [2.45, 2.75) is 13.1 Å². The molecule has 1 aromatic carbocycles. The summed E-state index contributed by atoms with van der Waals surface area (Å²) in [4.78, 5) is 29.1. The SMILES string of the molecule is CCOC(=O)c1sc(-c2ccc(OC)c(OC)c2)cc1NC(=O)c1ccc(C(F)(F)F)nc1. The number of aromatic nitrogens is 1. The van der Waals surface area contributed by atoms with Crippen LogP contribution in [-0.4, -0.2) is 37.7 Å². The minimum atomic E-state index is -4.62. The monoisotopic (exact) mass is 480 g/mol. The molecule has 0 aliphatic carbocycles. The van der Waals surface area contributed by atoms with Crippen LogP contribution in [0.3, 0.4) is 0 Å². The van der Waals surface area contributed by atoms with E-state index in [0.717, 1.165) is 23.6 Å². The van der Waals surface area contributed by atoms with Crippen molar-refractivity contribution in [1.29, 1.82) is 0 Å². The fraction of sp³-hybridized carbons (Fsp3) is 0.227. The number of esters is 1. The van der Waals surface area contributed by atoms with Crippen molar-refractivity contribution in [3.63, 3.8) is 0 Å². The number of anilines is 1. The first kappa shape index (κ1) is 24.1. The highest BCUT2D eigenvalue weighted by atomic mass is 32.1. The van der Waals surface area contributed by atoms with E-state index in [2.05, 4.69) is 10.3 Å². The first-order valence-electron chi connectivity index (χ1n) is 9.55. The molecule has 1 N–H and O–H groups in total. The van der Waals surface area contributed by atoms with E-state index >= 15 is 0 Å². The van der Waals surface area contributed by atoms with Gasteiger partial charge >= 0.3 is 12.1 Å². The van der Waals surface area contributed by atoms with Gasteiger partial charge in [0.15, 0.2) is 11.5 Å². The van der Waals surface area contributed by atoms with Gasteiger partial charge in [-0.1, -0.05) is 0 Å². The molecule has 0 aliphatic rings. The van der Waals surface area contributed by atoms with Crippen LogP contribution < -0.4 is 14.8 Å². The summed E-state index contributed by atoms with van der Waals surface area (Å²) in [5.41, 5.74) is -0.359. The molecule has 174 valence electrons. The zero-order valence-corrected chi connectivity index (χ0v) is 18.6. The Labute approximate surface area is 191 Å². The third kappa shape index (κ3) is 5.43. The fourth-order valence-corrected chi connectivity index (χ4v) is 3.86. The summed E-state index contributed by atoms with van der Waals surface area (Å²) in [6, 6.07) is 8.47. The summed E-state index contributed by atoms with van der Waals surface area (Å²) in [6.07, 6.45) is -3.79. The Hall–Kier alpha value is -3.60. The van der Waals surface area contributed by atoms with Gasteiger partial charge in [0.2, 0.25) is 0 Å². The predicted molar refractivity (Wildman–Crippen MR) is 116 cm³/mol. The summed E-state index contributed by atoms with van der Waals surface area (Å²) in [7, 11) is 3.00. The van der Waals surface area contributed by atoms with Gasteiger partial charge in [-0.2, -0.15) is 13.2 Å². The van der Waals surface area contributed by atoms with Crippen molar-refractivity contribution in [1.82, 2.24) is 4.98 Å². The number of thiophene rings is 1. The van der Waals surface area contributed by atoms with Gasteiger partial charge in [0.1, 0.15) is 10.6 Å². The number of pyridine rings is 1. The molecule has 1 amide bonds. The molecule has 0 unspecified atom stereocenters. The Morgan fingerprint density at radius 1 is 1.06 bits per heavy atom. The molecule has 2 heterocycles. The van der Waals surface area contributed by atoms with Crippen LogP contribution in [0.4, 0.5) is 18.9 Å². The van der Waals surface area contributed by atoms with Crippen LogP contribution >= 0.6 is 11.3 Å². The number of methoxy groups -OCH3 is 2. The average molecular weight is 480 g/mol. The largest absolute Gasteiger partial charge is 0.493 e. The highest BCUT2D eigenvalue weighted by molar-refractivity contribution is 7.18. The van der Waals surface area contributed by atoms with Crippen LogP contribution in [0.2, 0.25) is 0 Å². The molecule has 0 saturated heterocycles. The second-order valence-electron chi connectivity index (χ2n) is 6.53. The Morgan fingerprint density at radius 2 is 1.79 bits per heavy atom. The fourth-order valence-electron chi connectivity index (χ4n) is 2.85. The zero-order chi connectivity index (χ0) is 24.2. The highest BCUT2D eigenvalue weighted by Crippen LogP contribution is 2.39. The number of ether oxygens (including phenoxy) is 3. The van der Waals surface area contributed by atoms with E-state index < -0.39 is 23.7 Å². The summed E-state index contributed by atoms with van der Waals surface area (Å²) in [5, 5.41) is 2.56. The van der Waals surface area contributed by atoms with E-state index in [9.17, 15) is 22.8 Å². The topological polar surface area (TPSA) is 86.8 Å². The van der Waals surface area contributed by atoms with Gasteiger partial charge in [0, 0.05) is 11.1 Å². The van der Waals surface area contributed by atoms with Gasteiger partial charge in [-0.25, -0.2) is 4.79 Å². The first-order chi connectivity index (χ1) is 15.7. The molecule has 3 aromatic rings. The van der Waals surface area contributed by atoms with Crippen molar-refractivity contribution in [3.05, 3.63) is 58.7 Å². The van der Waals surface area contributed by atoms with E-state index in [0.29, 0.717) is 28.0 Å². The number of halogens is 3. The Balaban J connectivity index is 1.94. The van der Waals surface area contributed by atoms with Crippen LogP contribution in [0.1, 0.15) is 32.6 Å². The zero-order valence-electron chi connectivity index (χ0n) is 17.8. The summed E-state index contributed by atoms with van der Waals surface area (Å²) in [6.45, 7) is 1.77. The van der Waals surface area contributed by atoms with E-state index in [4.69, 9.17) is 14.2 Å². The van der Waals surface area contributed by atoms with E-state index in [1.54, 1.807) is 31.2 Å². The highest BCUT2D eigenvalue weighted by Gasteiger charge is 2.32. The van der Waals surface area contributed by atoms with E-state index in [1.807, 2.05) is 0 Å². The van der Waals surface area contributed by atoms with Crippen LogP contribution in [-0.2, 0) is 10.9 Å². The molecule has 11 heteroatoms. The van der Waals surface area contributed by atoms with Crippen molar-refractivity contribution < 1.29 is 37.0 Å². The maximum Gasteiger partial charge on any atom is 0.433 e. The molecule has 7 nitrogen and oxygen atoms in total. The third-order valence-corrected chi connectivity index (χ3v) is 5.59. The first-order valence-corrected chi connectivity index (χ1v) is 10.4. The molecular formula is C22H19F3N2O5S. The van der Waals surface area contributed by atoms with Crippen molar-refractivity contribution >= 4 is 28.9 Å². The van der Waals surface area contributed by atoms with Gasteiger partial charge < -0.3 is 19.5 Å². The number of nitrogens with one attached hydrogen (secondary N) is 1.